The summed E-state index contributed by atoms with van der Waals surface area (Å²) < 4.78 is 28.3. The number of hydrogen-bond acceptors (Lipinski definition) is 5. The Labute approximate surface area is 176 Å². The largest absolute Gasteiger partial charge is 0.492 e. The van der Waals surface area contributed by atoms with Crippen molar-refractivity contribution in [2.45, 2.75) is 11.3 Å². The molecular weight excluding hydrogens is 414 g/mol. The highest BCUT2D eigenvalue weighted by Gasteiger charge is 2.21. The van der Waals surface area contributed by atoms with Crippen molar-refractivity contribution in [2.24, 2.45) is 5.14 Å². The van der Waals surface area contributed by atoms with Crippen molar-refractivity contribution in [2.75, 3.05) is 39.3 Å². The SMILES string of the molecule is NS(=O)(=O)c1ccc(OCCN2CCCN(C(=O)c3ccccc3Cl)CC2)cc1. The Kier molecular flexibility index (Phi) is 7.13. The molecule has 1 amide bonds. The summed E-state index contributed by atoms with van der Waals surface area (Å²) >= 11 is 6.15. The number of ether oxygens (including phenoxy) is 1. The van der Waals surface area contributed by atoms with E-state index in [4.69, 9.17) is 21.5 Å². The third-order valence-electron chi connectivity index (χ3n) is 4.81. The normalized spacial score (nSPS) is 15.7. The topological polar surface area (TPSA) is 92.9 Å². The molecule has 1 heterocycles. The van der Waals surface area contributed by atoms with E-state index in [1.165, 1.54) is 12.1 Å². The van der Waals surface area contributed by atoms with Gasteiger partial charge in [-0.25, -0.2) is 13.6 Å². The first-order valence-electron chi connectivity index (χ1n) is 9.36. The van der Waals surface area contributed by atoms with Crippen molar-refractivity contribution in [3.63, 3.8) is 0 Å². The number of primary sulfonamides is 1. The van der Waals surface area contributed by atoms with Crippen LogP contribution >= 0.6 is 11.6 Å². The molecule has 0 spiro atoms. The van der Waals surface area contributed by atoms with E-state index < -0.39 is 10.0 Å². The summed E-state index contributed by atoms with van der Waals surface area (Å²) in [5.41, 5.74) is 0.536. The lowest BCUT2D eigenvalue weighted by atomic mass is 10.2. The number of nitrogens with zero attached hydrogens (tertiary/aromatic N) is 2. The Morgan fingerprint density at radius 3 is 2.45 bits per heavy atom. The van der Waals surface area contributed by atoms with Crippen LogP contribution in [0.25, 0.3) is 0 Å². The fourth-order valence-corrected chi connectivity index (χ4v) is 3.95. The number of carbonyl (C=O) groups excluding carboxylic acids is 1. The van der Waals surface area contributed by atoms with Gasteiger partial charge in [0.25, 0.3) is 5.91 Å². The maximum atomic E-state index is 12.7. The van der Waals surface area contributed by atoms with E-state index in [1.54, 1.807) is 24.3 Å². The molecule has 0 aliphatic carbocycles. The van der Waals surface area contributed by atoms with Gasteiger partial charge in [0.15, 0.2) is 0 Å². The molecule has 2 N–H and O–H groups in total. The smallest absolute Gasteiger partial charge is 0.255 e. The summed E-state index contributed by atoms with van der Waals surface area (Å²) in [6.07, 6.45) is 0.874. The van der Waals surface area contributed by atoms with Gasteiger partial charge in [0.05, 0.1) is 15.5 Å². The summed E-state index contributed by atoms with van der Waals surface area (Å²) in [4.78, 5) is 16.9. The quantitative estimate of drug-likeness (QED) is 0.747. The third-order valence-corrected chi connectivity index (χ3v) is 6.07. The van der Waals surface area contributed by atoms with E-state index in [0.717, 1.165) is 19.5 Å². The number of halogens is 1. The maximum absolute atomic E-state index is 12.7. The van der Waals surface area contributed by atoms with Crippen LogP contribution in [-0.2, 0) is 10.0 Å². The van der Waals surface area contributed by atoms with Crippen molar-refractivity contribution < 1.29 is 17.9 Å². The second-order valence-corrected chi connectivity index (χ2v) is 8.80. The van der Waals surface area contributed by atoms with Gasteiger partial charge in [-0.05, 0) is 42.8 Å². The van der Waals surface area contributed by atoms with Crippen LogP contribution in [0.4, 0.5) is 0 Å². The van der Waals surface area contributed by atoms with Crippen LogP contribution in [0.3, 0.4) is 0 Å². The van der Waals surface area contributed by atoms with Gasteiger partial charge in [0, 0.05) is 32.7 Å². The van der Waals surface area contributed by atoms with E-state index >= 15 is 0 Å². The maximum Gasteiger partial charge on any atom is 0.255 e. The molecule has 0 radical (unpaired) electrons. The van der Waals surface area contributed by atoms with Crippen molar-refractivity contribution >= 4 is 27.5 Å². The van der Waals surface area contributed by atoms with Crippen LogP contribution in [0.2, 0.25) is 5.02 Å². The Bertz CT molecular complexity index is 950. The molecule has 0 saturated carbocycles. The Morgan fingerprint density at radius 1 is 1.03 bits per heavy atom. The highest BCUT2D eigenvalue weighted by atomic mass is 35.5. The predicted octanol–water partition coefficient (Wildman–Crippen LogP) is 2.21. The first kappa shape index (κ1) is 21.6. The first-order chi connectivity index (χ1) is 13.8. The molecule has 2 aromatic rings. The molecule has 1 fully saturated rings. The molecule has 0 unspecified atom stereocenters. The molecule has 1 aliphatic heterocycles. The van der Waals surface area contributed by atoms with Gasteiger partial charge >= 0.3 is 0 Å². The minimum atomic E-state index is -3.70. The van der Waals surface area contributed by atoms with E-state index in [9.17, 15) is 13.2 Å². The molecule has 3 rings (SSSR count). The Balaban J connectivity index is 1.48. The van der Waals surface area contributed by atoms with Gasteiger partial charge in [0.1, 0.15) is 12.4 Å². The van der Waals surface area contributed by atoms with Crippen LogP contribution in [0.5, 0.6) is 5.75 Å². The van der Waals surface area contributed by atoms with E-state index in [2.05, 4.69) is 4.90 Å². The second-order valence-electron chi connectivity index (χ2n) is 6.83. The summed E-state index contributed by atoms with van der Waals surface area (Å²) in [6, 6.07) is 13.1. The van der Waals surface area contributed by atoms with Gasteiger partial charge < -0.3 is 9.64 Å². The fourth-order valence-electron chi connectivity index (χ4n) is 3.22. The van der Waals surface area contributed by atoms with Crippen LogP contribution in [0.1, 0.15) is 16.8 Å². The number of nitrogens with two attached hydrogens (primary N) is 1. The standard InChI is InChI=1S/C20H24ClN3O4S/c21-19-5-2-1-4-18(19)20(25)24-11-3-10-23(12-13-24)14-15-28-16-6-8-17(9-7-16)29(22,26)27/h1-2,4-9H,3,10-15H2,(H2,22,26,27). The van der Waals surface area contributed by atoms with Crippen LogP contribution < -0.4 is 9.88 Å². The molecule has 29 heavy (non-hydrogen) atoms. The van der Waals surface area contributed by atoms with Gasteiger partial charge in [-0.15, -0.1) is 0 Å². The Morgan fingerprint density at radius 2 is 1.76 bits per heavy atom. The van der Waals surface area contributed by atoms with E-state index in [0.29, 0.717) is 42.6 Å². The van der Waals surface area contributed by atoms with Crippen LogP contribution in [-0.4, -0.2) is 63.5 Å². The monoisotopic (exact) mass is 437 g/mol. The van der Waals surface area contributed by atoms with Gasteiger partial charge in [0.2, 0.25) is 10.0 Å². The minimum Gasteiger partial charge on any atom is -0.492 e. The summed E-state index contributed by atoms with van der Waals surface area (Å²) in [5.74, 6) is 0.548. The molecule has 156 valence electrons. The zero-order valence-electron chi connectivity index (χ0n) is 16.0. The van der Waals surface area contributed by atoms with Crippen LogP contribution in [0.15, 0.2) is 53.4 Å². The lowest BCUT2D eigenvalue weighted by molar-refractivity contribution is 0.0761. The number of carbonyl (C=O) groups is 1. The first-order valence-corrected chi connectivity index (χ1v) is 11.3. The minimum absolute atomic E-state index is 0.0383. The lowest BCUT2D eigenvalue weighted by Crippen LogP contribution is -2.36. The van der Waals surface area contributed by atoms with Gasteiger partial charge in [-0.2, -0.15) is 0 Å². The number of rotatable bonds is 6. The highest BCUT2D eigenvalue weighted by Crippen LogP contribution is 2.18. The summed E-state index contributed by atoms with van der Waals surface area (Å²) in [6.45, 7) is 4.13. The average molecular weight is 438 g/mol. The van der Waals surface area contributed by atoms with Crippen molar-refractivity contribution in [3.8, 4) is 5.75 Å². The van der Waals surface area contributed by atoms with Crippen molar-refractivity contribution in [1.82, 2.24) is 9.80 Å². The molecule has 1 saturated heterocycles. The van der Waals surface area contributed by atoms with Crippen LogP contribution in [0, 0.1) is 0 Å². The molecule has 0 bridgehead atoms. The zero-order chi connectivity index (χ0) is 20.9. The number of benzene rings is 2. The molecule has 2 aromatic carbocycles. The molecule has 7 nitrogen and oxygen atoms in total. The average Bonchev–Trinajstić information content (AvgIpc) is 2.93. The molecule has 0 atom stereocenters. The predicted molar refractivity (Wildman–Crippen MR) is 112 cm³/mol. The number of hydrogen-bond donors (Lipinski definition) is 1. The number of sulfonamides is 1. The molecule has 9 heteroatoms. The Hall–Kier alpha value is -2.13. The van der Waals surface area contributed by atoms with E-state index in [-0.39, 0.29) is 10.8 Å². The zero-order valence-corrected chi connectivity index (χ0v) is 17.5. The van der Waals surface area contributed by atoms with Gasteiger partial charge in [-0.3, -0.25) is 9.69 Å². The van der Waals surface area contributed by atoms with Gasteiger partial charge in [-0.1, -0.05) is 23.7 Å². The van der Waals surface area contributed by atoms with Crippen molar-refractivity contribution in [3.05, 3.63) is 59.1 Å². The third kappa shape index (κ3) is 5.93. The van der Waals surface area contributed by atoms with E-state index in [1.807, 2.05) is 17.0 Å². The highest BCUT2D eigenvalue weighted by molar-refractivity contribution is 7.89. The molecule has 0 aromatic heterocycles. The lowest BCUT2D eigenvalue weighted by Gasteiger charge is -2.22. The fraction of sp³-hybridized carbons (Fsp3) is 0.350. The molecular formula is C20H24ClN3O4S. The molecule has 1 aliphatic rings. The summed E-state index contributed by atoms with van der Waals surface area (Å²) in [7, 11) is -3.70. The summed E-state index contributed by atoms with van der Waals surface area (Å²) in [5, 5.41) is 5.56. The second kappa shape index (κ2) is 9.58. The number of amides is 1. The van der Waals surface area contributed by atoms with Crippen molar-refractivity contribution in [1.29, 1.82) is 0 Å².